The van der Waals surface area contributed by atoms with Crippen molar-refractivity contribution in [3.8, 4) is 0 Å². The Labute approximate surface area is 158 Å². The number of rotatable bonds is 6. The molecule has 0 bridgehead atoms. The fourth-order valence-corrected chi connectivity index (χ4v) is 4.22. The molecule has 1 aromatic rings. The first-order valence-corrected chi connectivity index (χ1v) is 10.5. The van der Waals surface area contributed by atoms with E-state index in [4.69, 9.17) is 0 Å². The van der Waals surface area contributed by atoms with E-state index in [-0.39, 0.29) is 17.4 Å². The highest BCUT2D eigenvalue weighted by Crippen LogP contribution is 2.28. The van der Waals surface area contributed by atoms with Crippen LogP contribution in [0.1, 0.15) is 31.2 Å². The van der Waals surface area contributed by atoms with E-state index >= 15 is 0 Å². The van der Waals surface area contributed by atoms with Crippen LogP contribution in [0.15, 0.2) is 18.2 Å². The van der Waals surface area contributed by atoms with Crippen LogP contribution in [-0.4, -0.2) is 61.2 Å². The second-order valence-corrected chi connectivity index (χ2v) is 8.83. The largest absolute Gasteiger partial charge is 0.391 e. The fraction of sp³-hybridized carbons (Fsp3) is 0.588. The number of nitro benzene ring substituents is 1. The Morgan fingerprint density at radius 3 is 2.52 bits per heavy atom. The molecule has 1 N–H and O–H groups in total. The topological polar surface area (TPSA) is 121 Å². The number of sulfonamides is 1. The summed E-state index contributed by atoms with van der Waals surface area (Å²) in [6.07, 6.45) is 3.34. The minimum absolute atomic E-state index is 0.0950. The molecule has 1 fully saturated rings. The molecule has 27 heavy (non-hydrogen) atoms. The van der Waals surface area contributed by atoms with Crippen molar-refractivity contribution in [2.75, 3.05) is 24.2 Å². The van der Waals surface area contributed by atoms with E-state index in [1.54, 1.807) is 14.0 Å². The van der Waals surface area contributed by atoms with E-state index in [1.807, 2.05) is 0 Å². The van der Waals surface area contributed by atoms with Gasteiger partial charge in [-0.15, -0.1) is 0 Å². The van der Waals surface area contributed by atoms with Crippen molar-refractivity contribution in [2.45, 2.75) is 44.8 Å². The maximum absolute atomic E-state index is 12.7. The summed E-state index contributed by atoms with van der Waals surface area (Å²) in [6.45, 7) is 1.14. The van der Waals surface area contributed by atoms with E-state index in [0.29, 0.717) is 18.4 Å². The van der Waals surface area contributed by atoms with Gasteiger partial charge in [0.2, 0.25) is 15.9 Å². The molecule has 1 saturated carbocycles. The minimum atomic E-state index is -3.86. The number of amides is 1. The van der Waals surface area contributed by atoms with Gasteiger partial charge in [0.25, 0.3) is 5.69 Å². The third-order valence-corrected chi connectivity index (χ3v) is 6.06. The molecule has 9 nitrogen and oxygen atoms in total. The van der Waals surface area contributed by atoms with Crippen molar-refractivity contribution in [2.24, 2.45) is 0 Å². The molecule has 10 heteroatoms. The average Bonchev–Trinajstić information content (AvgIpc) is 2.58. The van der Waals surface area contributed by atoms with Gasteiger partial charge in [0, 0.05) is 19.2 Å². The first kappa shape index (κ1) is 21.1. The summed E-state index contributed by atoms with van der Waals surface area (Å²) < 4.78 is 25.5. The summed E-state index contributed by atoms with van der Waals surface area (Å²) in [5.41, 5.74) is 0.338. The number of anilines is 1. The zero-order valence-electron chi connectivity index (χ0n) is 15.7. The molecule has 2 atom stereocenters. The number of hydrogen-bond donors (Lipinski definition) is 1. The lowest BCUT2D eigenvalue weighted by Gasteiger charge is -2.36. The predicted octanol–water partition coefficient (Wildman–Crippen LogP) is 1.43. The van der Waals surface area contributed by atoms with Crippen LogP contribution in [0.5, 0.6) is 0 Å². The Morgan fingerprint density at radius 2 is 1.96 bits per heavy atom. The standard InChI is InChI=1S/C17H25N3O6S/c1-12-8-9-13(20(23)24)10-15(12)19(27(3,25)26)11-17(22)18(2)14-6-4-5-7-16(14)21/h8-10,14,16,21H,4-7,11H2,1-3H3. The number of non-ortho nitro benzene ring substituents is 1. The second-order valence-electron chi connectivity index (χ2n) is 6.92. The maximum atomic E-state index is 12.7. The summed E-state index contributed by atoms with van der Waals surface area (Å²) in [4.78, 5) is 24.5. The molecule has 0 saturated heterocycles. The van der Waals surface area contributed by atoms with Gasteiger partial charge in [0.15, 0.2) is 0 Å². The fourth-order valence-electron chi connectivity index (χ4n) is 3.32. The number of carbonyl (C=O) groups is 1. The monoisotopic (exact) mass is 399 g/mol. The Morgan fingerprint density at radius 1 is 1.33 bits per heavy atom. The van der Waals surface area contributed by atoms with Gasteiger partial charge in [0.05, 0.1) is 29.0 Å². The number of aliphatic hydroxyl groups excluding tert-OH is 1. The first-order chi connectivity index (χ1) is 12.5. The van der Waals surface area contributed by atoms with E-state index < -0.39 is 33.5 Å². The Hall–Kier alpha value is -2.20. The van der Waals surface area contributed by atoms with Crippen LogP contribution in [0.3, 0.4) is 0 Å². The van der Waals surface area contributed by atoms with Crippen molar-refractivity contribution in [1.29, 1.82) is 0 Å². The molecule has 0 aliphatic heterocycles. The van der Waals surface area contributed by atoms with Crippen molar-refractivity contribution in [3.05, 3.63) is 33.9 Å². The molecule has 0 spiro atoms. The van der Waals surface area contributed by atoms with Crippen molar-refractivity contribution >= 4 is 27.3 Å². The molecule has 1 aliphatic carbocycles. The van der Waals surface area contributed by atoms with Crippen molar-refractivity contribution in [3.63, 3.8) is 0 Å². The van der Waals surface area contributed by atoms with Crippen LogP contribution in [-0.2, 0) is 14.8 Å². The van der Waals surface area contributed by atoms with E-state index in [9.17, 15) is 28.4 Å². The third-order valence-electron chi connectivity index (χ3n) is 4.94. The van der Waals surface area contributed by atoms with Crippen LogP contribution in [0.4, 0.5) is 11.4 Å². The smallest absolute Gasteiger partial charge is 0.271 e. The van der Waals surface area contributed by atoms with Crippen LogP contribution >= 0.6 is 0 Å². The molecule has 1 aromatic carbocycles. The highest BCUT2D eigenvalue weighted by molar-refractivity contribution is 7.92. The van der Waals surface area contributed by atoms with Crippen LogP contribution in [0.25, 0.3) is 0 Å². The number of aryl methyl sites for hydroxylation is 1. The Bertz CT molecular complexity index is 826. The van der Waals surface area contributed by atoms with E-state index in [1.165, 1.54) is 17.0 Å². The minimum Gasteiger partial charge on any atom is -0.391 e. The normalized spacial score (nSPS) is 20.1. The zero-order valence-corrected chi connectivity index (χ0v) is 16.5. The Kier molecular flexibility index (Phi) is 6.42. The van der Waals surface area contributed by atoms with Crippen molar-refractivity contribution in [1.82, 2.24) is 4.90 Å². The third kappa shape index (κ3) is 4.95. The quantitative estimate of drug-likeness (QED) is 0.570. The summed E-state index contributed by atoms with van der Waals surface area (Å²) in [6, 6.07) is 3.52. The molecule has 2 unspecified atom stereocenters. The first-order valence-electron chi connectivity index (χ1n) is 8.69. The zero-order chi connectivity index (χ0) is 20.4. The summed E-state index contributed by atoms with van der Waals surface area (Å²) in [5, 5.41) is 21.2. The van der Waals surface area contributed by atoms with Gasteiger partial charge in [-0.3, -0.25) is 19.2 Å². The van der Waals surface area contributed by atoms with Gasteiger partial charge >= 0.3 is 0 Å². The number of nitrogens with zero attached hydrogens (tertiary/aromatic N) is 3. The SMILES string of the molecule is Cc1ccc([N+](=O)[O-])cc1N(CC(=O)N(C)C1CCCCC1O)S(C)(=O)=O. The summed E-state index contributed by atoms with van der Waals surface area (Å²) in [5.74, 6) is -0.475. The van der Waals surface area contributed by atoms with Crippen LogP contribution in [0, 0.1) is 17.0 Å². The van der Waals surface area contributed by atoms with Gasteiger partial charge in [0.1, 0.15) is 6.54 Å². The molecule has 0 heterocycles. The lowest BCUT2D eigenvalue weighted by Crippen LogP contribution is -2.50. The van der Waals surface area contributed by atoms with Gasteiger partial charge in [-0.25, -0.2) is 8.42 Å². The predicted molar refractivity (Wildman–Crippen MR) is 101 cm³/mol. The average molecular weight is 399 g/mol. The number of likely N-dealkylation sites (N-methyl/N-ethyl adjacent to an activating group) is 1. The highest BCUT2D eigenvalue weighted by Gasteiger charge is 2.32. The van der Waals surface area contributed by atoms with E-state index in [2.05, 4.69) is 0 Å². The molecule has 0 aromatic heterocycles. The highest BCUT2D eigenvalue weighted by atomic mass is 32.2. The van der Waals surface area contributed by atoms with Gasteiger partial charge < -0.3 is 10.0 Å². The molecule has 1 amide bonds. The van der Waals surface area contributed by atoms with E-state index in [0.717, 1.165) is 29.5 Å². The molecule has 1 aliphatic rings. The van der Waals surface area contributed by atoms with Crippen molar-refractivity contribution < 1.29 is 23.2 Å². The van der Waals surface area contributed by atoms with Crippen LogP contribution in [0.2, 0.25) is 0 Å². The number of carbonyl (C=O) groups excluding carboxylic acids is 1. The molecule has 2 rings (SSSR count). The lowest BCUT2D eigenvalue weighted by atomic mass is 9.91. The summed E-state index contributed by atoms with van der Waals surface area (Å²) >= 11 is 0. The van der Waals surface area contributed by atoms with Gasteiger partial charge in [-0.2, -0.15) is 0 Å². The molecular weight excluding hydrogens is 374 g/mol. The van der Waals surface area contributed by atoms with Crippen LogP contribution < -0.4 is 4.31 Å². The summed E-state index contributed by atoms with van der Waals surface area (Å²) in [7, 11) is -2.31. The molecule has 0 radical (unpaired) electrons. The molecular formula is C17H25N3O6S. The second kappa shape index (κ2) is 8.22. The number of benzene rings is 1. The van der Waals surface area contributed by atoms with Gasteiger partial charge in [-0.1, -0.05) is 18.9 Å². The van der Waals surface area contributed by atoms with Gasteiger partial charge in [-0.05, 0) is 25.3 Å². The maximum Gasteiger partial charge on any atom is 0.271 e. The molecule has 150 valence electrons. The number of hydrogen-bond acceptors (Lipinski definition) is 6. The number of nitro groups is 1. The Balaban J connectivity index is 2.32. The lowest BCUT2D eigenvalue weighted by molar-refractivity contribution is -0.384. The number of aliphatic hydroxyl groups is 1.